The highest BCUT2D eigenvalue weighted by Crippen LogP contribution is 2.20. The fraction of sp³-hybridized carbons (Fsp3) is 0.600. The Bertz CT molecular complexity index is 556. The lowest BCUT2D eigenvalue weighted by Crippen LogP contribution is -2.30. The molecule has 1 aliphatic carbocycles. The Morgan fingerprint density at radius 2 is 2.14 bits per heavy atom. The van der Waals surface area contributed by atoms with E-state index in [1.54, 1.807) is 25.2 Å². The van der Waals surface area contributed by atoms with Crippen LogP contribution in [0.25, 0.3) is 0 Å². The van der Waals surface area contributed by atoms with Crippen LogP contribution in [-0.4, -0.2) is 45.6 Å². The van der Waals surface area contributed by atoms with Crippen molar-refractivity contribution in [1.29, 1.82) is 0 Å². The predicted octanol–water partition coefficient (Wildman–Crippen LogP) is 1.60. The van der Waals surface area contributed by atoms with E-state index in [-0.39, 0.29) is 0 Å². The smallest absolute Gasteiger partial charge is 0.242 e. The highest BCUT2D eigenvalue weighted by atomic mass is 32.2. The molecule has 0 radical (unpaired) electrons. The number of hydrogen-bond acceptors (Lipinski definition) is 4. The molecule has 0 amide bonds. The largest absolute Gasteiger partial charge is 0.380 e. The first kappa shape index (κ1) is 16.4. The van der Waals surface area contributed by atoms with Crippen LogP contribution < -0.4 is 5.32 Å². The second-order valence-corrected chi connectivity index (χ2v) is 7.37. The number of nitrogens with one attached hydrogen (secondary N) is 1. The van der Waals surface area contributed by atoms with Crippen molar-refractivity contribution in [3.63, 3.8) is 0 Å². The van der Waals surface area contributed by atoms with E-state index in [1.165, 1.54) is 17.1 Å². The average molecular weight is 312 g/mol. The molecule has 5 nitrogen and oxygen atoms in total. The first-order chi connectivity index (χ1) is 10.0. The zero-order valence-electron chi connectivity index (χ0n) is 12.7. The van der Waals surface area contributed by atoms with Gasteiger partial charge in [-0.05, 0) is 37.5 Å². The Morgan fingerprint density at radius 1 is 1.38 bits per heavy atom. The maximum absolute atomic E-state index is 12.5. The van der Waals surface area contributed by atoms with E-state index in [4.69, 9.17) is 4.74 Å². The number of ether oxygens (including phenoxy) is 1. The summed E-state index contributed by atoms with van der Waals surface area (Å²) < 4.78 is 31.5. The molecule has 0 saturated heterocycles. The van der Waals surface area contributed by atoms with E-state index < -0.39 is 10.0 Å². The quantitative estimate of drug-likeness (QED) is 0.704. The van der Waals surface area contributed by atoms with Gasteiger partial charge in [-0.1, -0.05) is 12.1 Å². The average Bonchev–Trinajstić information content (AvgIpc) is 3.30. The summed E-state index contributed by atoms with van der Waals surface area (Å²) in [6.07, 6.45) is 2.44. The summed E-state index contributed by atoms with van der Waals surface area (Å²) in [7, 11) is -1.85. The zero-order chi connectivity index (χ0) is 15.3. The Hall–Kier alpha value is -0.950. The third-order valence-electron chi connectivity index (χ3n) is 3.53. The molecule has 1 saturated carbocycles. The molecule has 1 aromatic carbocycles. The maximum atomic E-state index is 12.5. The Morgan fingerprint density at radius 3 is 2.81 bits per heavy atom. The normalized spacial score (nSPS) is 15.6. The van der Waals surface area contributed by atoms with Crippen LogP contribution in [-0.2, 0) is 21.3 Å². The molecule has 1 aromatic rings. The Balaban J connectivity index is 2.01. The molecule has 6 heteroatoms. The monoisotopic (exact) mass is 312 g/mol. The first-order valence-electron chi connectivity index (χ1n) is 7.40. The fourth-order valence-electron chi connectivity index (χ4n) is 2.00. The summed E-state index contributed by atoms with van der Waals surface area (Å²) in [6.45, 7) is 3.98. The second-order valence-electron chi connectivity index (χ2n) is 5.33. The molecule has 1 aliphatic rings. The molecule has 0 bridgehead atoms. The van der Waals surface area contributed by atoms with Crippen LogP contribution in [0.15, 0.2) is 29.2 Å². The van der Waals surface area contributed by atoms with Gasteiger partial charge in [0.15, 0.2) is 0 Å². The summed E-state index contributed by atoms with van der Waals surface area (Å²) in [5.74, 6) is 0. The van der Waals surface area contributed by atoms with Gasteiger partial charge in [0.1, 0.15) is 0 Å². The summed E-state index contributed by atoms with van der Waals surface area (Å²) in [5, 5.41) is 3.39. The van der Waals surface area contributed by atoms with Crippen LogP contribution in [0.1, 0.15) is 25.3 Å². The van der Waals surface area contributed by atoms with Crippen molar-refractivity contribution in [3.8, 4) is 0 Å². The van der Waals surface area contributed by atoms with E-state index in [0.717, 1.165) is 12.1 Å². The van der Waals surface area contributed by atoms with Gasteiger partial charge in [0, 0.05) is 32.8 Å². The summed E-state index contributed by atoms with van der Waals surface area (Å²) >= 11 is 0. The lowest BCUT2D eigenvalue weighted by Gasteiger charge is -2.17. The van der Waals surface area contributed by atoms with Crippen molar-refractivity contribution in [2.24, 2.45) is 0 Å². The Kier molecular flexibility index (Phi) is 5.75. The number of hydrogen-bond donors (Lipinski definition) is 1. The molecule has 1 fully saturated rings. The van der Waals surface area contributed by atoms with Crippen molar-refractivity contribution >= 4 is 10.0 Å². The third-order valence-corrected chi connectivity index (χ3v) is 5.39. The molecule has 1 N–H and O–H groups in total. The number of sulfonamides is 1. The minimum absolute atomic E-state index is 0.344. The van der Waals surface area contributed by atoms with Crippen LogP contribution in [0.4, 0.5) is 0 Å². The van der Waals surface area contributed by atoms with Crippen molar-refractivity contribution in [2.45, 2.75) is 37.2 Å². The van der Waals surface area contributed by atoms with Gasteiger partial charge >= 0.3 is 0 Å². The molecule has 0 aromatic heterocycles. The molecule has 0 unspecified atom stereocenters. The van der Waals surface area contributed by atoms with Gasteiger partial charge in [0.05, 0.1) is 11.5 Å². The van der Waals surface area contributed by atoms with Crippen LogP contribution in [0.3, 0.4) is 0 Å². The number of benzene rings is 1. The highest BCUT2D eigenvalue weighted by molar-refractivity contribution is 7.89. The van der Waals surface area contributed by atoms with Gasteiger partial charge in [-0.2, -0.15) is 4.31 Å². The molecule has 2 rings (SSSR count). The maximum Gasteiger partial charge on any atom is 0.242 e. The summed E-state index contributed by atoms with van der Waals surface area (Å²) in [6, 6.07) is 7.76. The van der Waals surface area contributed by atoms with E-state index in [2.05, 4.69) is 5.32 Å². The van der Waals surface area contributed by atoms with Gasteiger partial charge in [-0.3, -0.25) is 0 Å². The van der Waals surface area contributed by atoms with Gasteiger partial charge in [-0.15, -0.1) is 0 Å². The number of likely N-dealkylation sites (N-methyl/N-ethyl adjacent to an activating group) is 1. The third kappa shape index (κ3) is 4.78. The minimum Gasteiger partial charge on any atom is -0.380 e. The molecule has 0 heterocycles. The van der Waals surface area contributed by atoms with Crippen molar-refractivity contribution in [1.82, 2.24) is 9.62 Å². The van der Waals surface area contributed by atoms with Crippen LogP contribution in [0.5, 0.6) is 0 Å². The molecule has 0 aliphatic heterocycles. The van der Waals surface area contributed by atoms with Gasteiger partial charge < -0.3 is 10.1 Å². The molecular formula is C15H24N2O3S. The second kappa shape index (κ2) is 7.35. The van der Waals surface area contributed by atoms with Crippen LogP contribution in [0.2, 0.25) is 0 Å². The summed E-state index contributed by atoms with van der Waals surface area (Å²) in [5.41, 5.74) is 1.00. The molecule has 21 heavy (non-hydrogen) atoms. The minimum atomic E-state index is -3.44. The fourth-order valence-corrected chi connectivity index (χ4v) is 3.23. The van der Waals surface area contributed by atoms with E-state index in [9.17, 15) is 8.42 Å². The van der Waals surface area contributed by atoms with Gasteiger partial charge in [-0.25, -0.2) is 8.42 Å². The van der Waals surface area contributed by atoms with Crippen LogP contribution >= 0.6 is 0 Å². The Labute approximate surface area is 127 Å². The van der Waals surface area contributed by atoms with Crippen molar-refractivity contribution in [2.75, 3.05) is 26.8 Å². The lowest BCUT2D eigenvalue weighted by atomic mass is 10.2. The zero-order valence-corrected chi connectivity index (χ0v) is 13.5. The molecule has 0 atom stereocenters. The predicted molar refractivity (Wildman–Crippen MR) is 82.6 cm³/mol. The first-order valence-corrected chi connectivity index (χ1v) is 8.84. The van der Waals surface area contributed by atoms with E-state index in [0.29, 0.717) is 30.7 Å². The van der Waals surface area contributed by atoms with Crippen molar-refractivity contribution < 1.29 is 13.2 Å². The number of rotatable bonds is 9. The highest BCUT2D eigenvalue weighted by Gasteiger charge is 2.22. The standard InChI is InChI=1S/C15H24N2O3S/c1-3-20-10-9-17(2)21(18,19)15-6-4-5-13(11-15)12-16-14-7-8-14/h4-6,11,14,16H,3,7-10,12H2,1-2H3. The topological polar surface area (TPSA) is 58.6 Å². The van der Waals surface area contributed by atoms with E-state index >= 15 is 0 Å². The molecule has 0 spiro atoms. The molecular weight excluding hydrogens is 288 g/mol. The number of nitrogens with zero attached hydrogens (tertiary/aromatic N) is 1. The van der Waals surface area contributed by atoms with Crippen LogP contribution in [0, 0.1) is 0 Å². The molecule has 118 valence electrons. The SMILES string of the molecule is CCOCCN(C)S(=O)(=O)c1cccc(CNC2CC2)c1. The van der Waals surface area contributed by atoms with Gasteiger partial charge in [0.2, 0.25) is 10.0 Å². The lowest BCUT2D eigenvalue weighted by molar-refractivity contribution is 0.138. The van der Waals surface area contributed by atoms with E-state index in [1.807, 2.05) is 13.0 Å². The van der Waals surface area contributed by atoms with Crippen molar-refractivity contribution in [3.05, 3.63) is 29.8 Å². The van der Waals surface area contributed by atoms with Gasteiger partial charge in [0.25, 0.3) is 0 Å². The summed E-state index contributed by atoms with van der Waals surface area (Å²) in [4.78, 5) is 0.344.